The van der Waals surface area contributed by atoms with Crippen molar-refractivity contribution < 1.29 is 23.0 Å². The molecule has 2 N–H and O–H groups in total. The van der Waals surface area contributed by atoms with Gasteiger partial charge in [-0.25, -0.2) is 9.11 Å². The van der Waals surface area contributed by atoms with E-state index < -0.39 is 22.5 Å². The number of nitrogens with one attached hydrogen (secondary N) is 1. The second-order valence-corrected chi connectivity index (χ2v) is 5.67. The highest BCUT2D eigenvalue weighted by Gasteiger charge is 2.34. The van der Waals surface area contributed by atoms with Gasteiger partial charge >= 0.3 is 0 Å². The van der Waals surface area contributed by atoms with Gasteiger partial charge in [0.25, 0.3) is 0 Å². The van der Waals surface area contributed by atoms with Crippen LogP contribution in [0.25, 0.3) is 0 Å². The van der Waals surface area contributed by atoms with Gasteiger partial charge in [0.2, 0.25) is 0 Å². The summed E-state index contributed by atoms with van der Waals surface area (Å²) in [5.41, 5.74) is 0.540. The Bertz CT molecular complexity index is 491. The number of aliphatic hydroxyl groups is 1. The molecule has 1 aromatic rings. The molecule has 1 aromatic carbocycles. The number of rotatable bonds is 5. The van der Waals surface area contributed by atoms with E-state index in [-0.39, 0.29) is 18.7 Å². The average Bonchev–Trinajstić information content (AvgIpc) is 2.46. The second-order valence-electron chi connectivity index (χ2n) is 4.91. The molecule has 7 heteroatoms. The zero-order valence-corrected chi connectivity index (χ0v) is 11.7. The van der Waals surface area contributed by atoms with Crippen molar-refractivity contribution in [2.45, 2.75) is 24.8 Å². The van der Waals surface area contributed by atoms with Crippen LogP contribution in [0.2, 0.25) is 0 Å². The molecule has 0 aliphatic carbocycles. The molecule has 2 rings (SSSR count). The molecule has 20 heavy (non-hydrogen) atoms. The highest BCUT2D eigenvalue weighted by molar-refractivity contribution is 7.77. The Kier molecular flexibility index (Phi) is 5.22. The molecule has 0 amide bonds. The molecular weight excluding hydrogens is 285 g/mol. The summed E-state index contributed by atoms with van der Waals surface area (Å²) in [5, 5.41) is 9.66. The van der Waals surface area contributed by atoms with Crippen LogP contribution < -0.4 is 4.72 Å². The number of aliphatic hydroxyl groups excluding tert-OH is 1. The molecule has 1 aliphatic rings. The smallest absolute Gasteiger partial charge is 0.128 e. The van der Waals surface area contributed by atoms with Gasteiger partial charge in [0, 0.05) is 42.0 Å². The van der Waals surface area contributed by atoms with Crippen LogP contribution in [-0.4, -0.2) is 33.7 Å². The Labute approximate surface area is 119 Å². The van der Waals surface area contributed by atoms with Gasteiger partial charge in [0.15, 0.2) is 0 Å². The first kappa shape index (κ1) is 15.5. The van der Waals surface area contributed by atoms with Crippen molar-refractivity contribution in [1.29, 1.82) is 0 Å². The number of benzene rings is 1. The molecule has 1 heterocycles. The van der Waals surface area contributed by atoms with Gasteiger partial charge in [-0.1, -0.05) is 12.1 Å². The monoisotopic (exact) mass is 302 g/mol. The molecule has 112 valence electrons. The number of ether oxygens (including phenoxy) is 1. The van der Waals surface area contributed by atoms with E-state index in [1.54, 1.807) is 12.1 Å². The summed E-state index contributed by atoms with van der Waals surface area (Å²) in [4.78, 5) is 0. The van der Waals surface area contributed by atoms with Crippen LogP contribution in [0.15, 0.2) is 18.2 Å². The maximum atomic E-state index is 14.0. The summed E-state index contributed by atoms with van der Waals surface area (Å²) >= 11 is -2.42. The van der Waals surface area contributed by atoms with E-state index in [1.165, 1.54) is 6.07 Å². The summed E-state index contributed by atoms with van der Waals surface area (Å²) in [5.74, 6) is -0.472. The van der Waals surface area contributed by atoms with E-state index in [0.29, 0.717) is 26.1 Å². The van der Waals surface area contributed by atoms with E-state index in [9.17, 15) is 18.3 Å². The third kappa shape index (κ3) is 3.42. The van der Waals surface area contributed by atoms with Crippen molar-refractivity contribution in [3.05, 3.63) is 35.1 Å². The minimum Gasteiger partial charge on any atom is -0.760 e. The van der Waals surface area contributed by atoms with Gasteiger partial charge in [-0.05, 0) is 24.5 Å². The van der Waals surface area contributed by atoms with E-state index in [0.717, 1.165) is 5.56 Å². The zero-order valence-electron chi connectivity index (χ0n) is 10.9. The van der Waals surface area contributed by atoms with Crippen LogP contribution in [0.4, 0.5) is 4.39 Å². The van der Waals surface area contributed by atoms with Gasteiger partial charge in [-0.3, -0.25) is 4.21 Å². The highest BCUT2D eigenvalue weighted by atomic mass is 32.2. The minimum absolute atomic E-state index is 0.0576. The van der Waals surface area contributed by atoms with Gasteiger partial charge in [0.1, 0.15) is 5.82 Å². The molecule has 1 saturated heterocycles. The SMILES string of the molecule is O=S([O-])NCc1ccc(C2(CO)CCOCC2)cc1F. The largest absolute Gasteiger partial charge is 0.760 e. The summed E-state index contributed by atoms with van der Waals surface area (Å²) in [7, 11) is 0. The van der Waals surface area contributed by atoms with E-state index in [2.05, 4.69) is 4.72 Å². The van der Waals surface area contributed by atoms with Gasteiger partial charge in [0.05, 0.1) is 6.61 Å². The number of hydrogen-bond acceptors (Lipinski definition) is 4. The summed E-state index contributed by atoms with van der Waals surface area (Å²) in [6.07, 6.45) is 1.29. The van der Waals surface area contributed by atoms with Gasteiger partial charge < -0.3 is 14.4 Å². The standard InChI is InChI=1S/C13H18FNO4S/c14-12-7-11(2-1-10(12)8-15-20(17)18)13(9-16)3-5-19-6-4-13/h1-2,7,15-16H,3-6,8-9H2,(H,17,18)/p-1. The molecule has 0 radical (unpaired) electrons. The minimum atomic E-state index is -2.42. The Morgan fingerprint density at radius 3 is 2.70 bits per heavy atom. The predicted molar refractivity (Wildman–Crippen MR) is 71.0 cm³/mol. The molecule has 0 spiro atoms. The molecule has 1 atom stereocenters. The Balaban J connectivity index is 2.20. The van der Waals surface area contributed by atoms with E-state index in [4.69, 9.17) is 4.74 Å². The first-order chi connectivity index (χ1) is 9.57. The molecule has 0 saturated carbocycles. The maximum Gasteiger partial charge on any atom is 0.128 e. The lowest BCUT2D eigenvalue weighted by Crippen LogP contribution is -2.37. The lowest BCUT2D eigenvalue weighted by atomic mass is 9.74. The fourth-order valence-corrected chi connectivity index (χ4v) is 2.73. The average molecular weight is 302 g/mol. The van der Waals surface area contributed by atoms with Crippen molar-refractivity contribution >= 4 is 11.3 Å². The van der Waals surface area contributed by atoms with Gasteiger partial charge in [-0.15, -0.1) is 0 Å². The van der Waals surface area contributed by atoms with Crippen molar-refractivity contribution in [3.8, 4) is 0 Å². The summed E-state index contributed by atoms with van der Waals surface area (Å²) in [6, 6.07) is 4.68. The number of hydrogen-bond donors (Lipinski definition) is 2. The maximum absolute atomic E-state index is 14.0. The fourth-order valence-electron chi connectivity index (χ4n) is 2.46. The molecule has 0 aromatic heterocycles. The molecule has 1 aliphatic heterocycles. The van der Waals surface area contributed by atoms with Crippen LogP contribution in [0, 0.1) is 5.82 Å². The van der Waals surface area contributed by atoms with Crippen LogP contribution in [0.3, 0.4) is 0 Å². The third-order valence-electron chi connectivity index (χ3n) is 3.80. The van der Waals surface area contributed by atoms with E-state index in [1.807, 2.05) is 0 Å². The van der Waals surface area contributed by atoms with Gasteiger partial charge in [-0.2, -0.15) is 0 Å². The molecule has 0 bridgehead atoms. The summed E-state index contributed by atoms with van der Waals surface area (Å²) < 4.78 is 42.3. The Morgan fingerprint density at radius 1 is 1.45 bits per heavy atom. The topological polar surface area (TPSA) is 81.6 Å². The fraction of sp³-hybridized carbons (Fsp3) is 0.538. The molecular formula is C13H17FNO4S-. The normalized spacial score (nSPS) is 19.8. The van der Waals surface area contributed by atoms with Crippen LogP contribution in [0.1, 0.15) is 24.0 Å². The van der Waals surface area contributed by atoms with Crippen molar-refractivity contribution in [2.24, 2.45) is 0 Å². The first-order valence-corrected chi connectivity index (χ1v) is 7.45. The summed E-state index contributed by atoms with van der Waals surface area (Å²) in [6.45, 7) is 0.941. The van der Waals surface area contributed by atoms with Crippen LogP contribution in [0.5, 0.6) is 0 Å². The first-order valence-electron chi connectivity index (χ1n) is 6.38. The van der Waals surface area contributed by atoms with Crippen molar-refractivity contribution in [2.75, 3.05) is 19.8 Å². The third-order valence-corrected chi connectivity index (χ3v) is 4.18. The van der Waals surface area contributed by atoms with Crippen LogP contribution in [-0.2, 0) is 28.0 Å². The quantitative estimate of drug-likeness (QED) is 0.786. The lowest BCUT2D eigenvalue weighted by molar-refractivity contribution is 0.0252. The Morgan fingerprint density at radius 2 is 2.15 bits per heavy atom. The number of halogens is 1. The van der Waals surface area contributed by atoms with Crippen molar-refractivity contribution in [1.82, 2.24) is 4.72 Å². The Hall–Kier alpha value is -0.860. The predicted octanol–water partition coefficient (Wildman–Crippen LogP) is 0.750. The highest BCUT2D eigenvalue weighted by Crippen LogP contribution is 2.35. The van der Waals surface area contributed by atoms with E-state index >= 15 is 0 Å². The van der Waals surface area contributed by atoms with Crippen LogP contribution >= 0.6 is 0 Å². The van der Waals surface area contributed by atoms with Crippen molar-refractivity contribution in [3.63, 3.8) is 0 Å². The molecule has 1 unspecified atom stereocenters. The zero-order chi connectivity index (χ0) is 14.6. The lowest BCUT2D eigenvalue weighted by Gasteiger charge is -2.36. The molecule has 1 fully saturated rings. The molecule has 5 nitrogen and oxygen atoms in total. The second kappa shape index (κ2) is 6.73.